The van der Waals surface area contributed by atoms with E-state index in [-0.39, 0.29) is 25.7 Å². The molecule has 8 heteroatoms. The van der Waals surface area contributed by atoms with Crippen LogP contribution in [0.15, 0.2) is 41.3 Å². The van der Waals surface area contributed by atoms with Crippen LogP contribution in [0.5, 0.6) is 5.75 Å². The predicted octanol–water partition coefficient (Wildman–Crippen LogP) is 4.46. The highest BCUT2D eigenvalue weighted by atomic mass is 35.5. The van der Waals surface area contributed by atoms with Crippen LogP contribution in [0.4, 0.5) is 5.69 Å². The molecule has 0 unspecified atom stereocenters. The van der Waals surface area contributed by atoms with E-state index in [1.54, 1.807) is 6.07 Å². The van der Waals surface area contributed by atoms with Crippen LogP contribution in [0.2, 0.25) is 15.1 Å². The molecular formula is C13H10Cl3NO3S. The average Bonchev–Trinajstić information content (AvgIpc) is 2.41. The summed E-state index contributed by atoms with van der Waals surface area (Å²) >= 11 is 17.7. The third-order valence-electron chi connectivity index (χ3n) is 2.61. The molecule has 0 radical (unpaired) electrons. The van der Waals surface area contributed by atoms with Gasteiger partial charge >= 0.3 is 0 Å². The van der Waals surface area contributed by atoms with Crippen molar-refractivity contribution in [2.75, 3.05) is 11.8 Å². The Labute approximate surface area is 137 Å². The highest BCUT2D eigenvalue weighted by Crippen LogP contribution is 2.32. The monoisotopic (exact) mass is 365 g/mol. The molecule has 0 saturated carbocycles. The molecule has 1 N–H and O–H groups in total. The first kappa shape index (κ1) is 16.2. The Morgan fingerprint density at radius 3 is 2.38 bits per heavy atom. The molecule has 0 amide bonds. The molecule has 2 rings (SSSR count). The number of rotatable bonds is 4. The number of nitrogens with one attached hydrogen (secondary N) is 1. The quantitative estimate of drug-likeness (QED) is 0.869. The van der Waals surface area contributed by atoms with Gasteiger partial charge in [-0.3, -0.25) is 4.72 Å². The summed E-state index contributed by atoms with van der Waals surface area (Å²) in [6, 6.07) is 8.90. The van der Waals surface area contributed by atoms with E-state index in [1.165, 1.54) is 37.4 Å². The summed E-state index contributed by atoms with van der Waals surface area (Å²) in [6.45, 7) is 0. The zero-order chi connectivity index (χ0) is 15.6. The molecule has 0 saturated heterocycles. The van der Waals surface area contributed by atoms with Crippen LogP contribution in [0.1, 0.15) is 0 Å². The first-order valence-corrected chi connectivity index (χ1v) is 8.27. The Hall–Kier alpha value is -1.14. The fourth-order valence-corrected chi connectivity index (χ4v) is 3.70. The van der Waals surface area contributed by atoms with Crippen molar-refractivity contribution in [3.8, 4) is 5.75 Å². The van der Waals surface area contributed by atoms with Gasteiger partial charge in [-0.25, -0.2) is 8.42 Å². The number of sulfonamides is 1. The van der Waals surface area contributed by atoms with Crippen LogP contribution in [-0.4, -0.2) is 15.5 Å². The second-order valence-electron chi connectivity index (χ2n) is 4.01. The maximum absolute atomic E-state index is 12.3. The van der Waals surface area contributed by atoms with E-state index in [0.29, 0.717) is 5.75 Å². The van der Waals surface area contributed by atoms with E-state index in [2.05, 4.69) is 4.72 Å². The lowest BCUT2D eigenvalue weighted by Gasteiger charge is -2.11. The second kappa shape index (κ2) is 6.32. The fraction of sp³-hybridized carbons (Fsp3) is 0.0769. The smallest absolute Gasteiger partial charge is 0.263 e. The van der Waals surface area contributed by atoms with Crippen molar-refractivity contribution < 1.29 is 13.2 Å². The Morgan fingerprint density at radius 2 is 1.76 bits per heavy atom. The number of ether oxygens (including phenoxy) is 1. The lowest BCUT2D eigenvalue weighted by atomic mass is 10.3. The van der Waals surface area contributed by atoms with E-state index in [9.17, 15) is 8.42 Å². The fourth-order valence-electron chi connectivity index (χ4n) is 1.63. The molecule has 2 aromatic rings. The third kappa shape index (κ3) is 3.55. The van der Waals surface area contributed by atoms with Gasteiger partial charge < -0.3 is 4.74 Å². The normalized spacial score (nSPS) is 11.2. The Kier molecular flexibility index (Phi) is 4.88. The van der Waals surface area contributed by atoms with Gasteiger partial charge in [-0.1, -0.05) is 40.9 Å². The molecule has 4 nitrogen and oxygen atoms in total. The molecule has 0 fully saturated rings. The molecule has 112 valence electrons. The van der Waals surface area contributed by atoms with Crippen LogP contribution in [-0.2, 0) is 10.0 Å². The van der Waals surface area contributed by atoms with Crippen LogP contribution < -0.4 is 9.46 Å². The summed E-state index contributed by atoms with van der Waals surface area (Å²) in [5.74, 6) is 0.445. The van der Waals surface area contributed by atoms with Crippen molar-refractivity contribution in [1.82, 2.24) is 0 Å². The van der Waals surface area contributed by atoms with Crippen molar-refractivity contribution in [2.24, 2.45) is 0 Å². The molecule has 0 bridgehead atoms. The standard InChI is InChI=1S/C13H10Cl3NO3S/c1-20-11-6-5-8(7-10(11)15)17-21(18,19)12-4-2-3-9(14)13(12)16/h2-7,17H,1H3. The first-order valence-electron chi connectivity index (χ1n) is 5.65. The number of hydrogen-bond donors (Lipinski definition) is 1. The Morgan fingerprint density at radius 1 is 1.05 bits per heavy atom. The highest BCUT2D eigenvalue weighted by Gasteiger charge is 2.20. The summed E-state index contributed by atoms with van der Waals surface area (Å²) in [5, 5.41) is 0.411. The predicted molar refractivity (Wildman–Crippen MR) is 85.3 cm³/mol. The van der Waals surface area contributed by atoms with Crippen molar-refractivity contribution >= 4 is 50.5 Å². The average molecular weight is 367 g/mol. The van der Waals surface area contributed by atoms with E-state index in [1.807, 2.05) is 0 Å². The summed E-state index contributed by atoms with van der Waals surface area (Å²) in [5.41, 5.74) is 0.289. The van der Waals surface area contributed by atoms with Gasteiger partial charge in [0.25, 0.3) is 10.0 Å². The van der Waals surface area contributed by atoms with Gasteiger partial charge in [-0.15, -0.1) is 0 Å². The molecule has 0 atom stereocenters. The molecule has 0 aliphatic rings. The van der Waals surface area contributed by atoms with Gasteiger partial charge in [-0.2, -0.15) is 0 Å². The largest absolute Gasteiger partial charge is 0.495 e. The summed E-state index contributed by atoms with van der Waals surface area (Å²) in [6.07, 6.45) is 0. The summed E-state index contributed by atoms with van der Waals surface area (Å²) < 4.78 is 32.0. The first-order chi connectivity index (χ1) is 9.85. The maximum atomic E-state index is 12.3. The minimum Gasteiger partial charge on any atom is -0.495 e. The molecule has 2 aromatic carbocycles. The number of halogens is 3. The van der Waals surface area contributed by atoms with Crippen LogP contribution in [0.3, 0.4) is 0 Å². The molecule has 0 aromatic heterocycles. The van der Waals surface area contributed by atoms with Gasteiger partial charge in [0.1, 0.15) is 10.6 Å². The number of benzene rings is 2. The van der Waals surface area contributed by atoms with Gasteiger partial charge in [0, 0.05) is 0 Å². The zero-order valence-electron chi connectivity index (χ0n) is 10.7. The minimum atomic E-state index is -3.87. The van der Waals surface area contributed by atoms with E-state index >= 15 is 0 Å². The molecule has 0 aliphatic heterocycles. The SMILES string of the molecule is COc1ccc(NS(=O)(=O)c2cccc(Cl)c2Cl)cc1Cl. The van der Waals surface area contributed by atoms with Gasteiger partial charge in [-0.05, 0) is 30.3 Å². The molecule has 0 aliphatic carbocycles. The van der Waals surface area contributed by atoms with Gasteiger partial charge in [0.05, 0.1) is 27.9 Å². The van der Waals surface area contributed by atoms with Crippen LogP contribution >= 0.6 is 34.8 Å². The van der Waals surface area contributed by atoms with Crippen molar-refractivity contribution in [3.05, 3.63) is 51.5 Å². The highest BCUT2D eigenvalue weighted by molar-refractivity contribution is 7.92. The lowest BCUT2D eigenvalue weighted by Crippen LogP contribution is -2.13. The summed E-state index contributed by atoms with van der Waals surface area (Å²) in [4.78, 5) is -0.108. The van der Waals surface area contributed by atoms with Crippen molar-refractivity contribution in [2.45, 2.75) is 4.90 Å². The third-order valence-corrected chi connectivity index (χ3v) is 5.26. The van der Waals surface area contributed by atoms with Crippen molar-refractivity contribution in [3.63, 3.8) is 0 Å². The molecular weight excluding hydrogens is 357 g/mol. The Bertz CT molecular complexity index is 778. The number of hydrogen-bond acceptors (Lipinski definition) is 3. The van der Waals surface area contributed by atoms with Gasteiger partial charge in [0.15, 0.2) is 0 Å². The van der Waals surface area contributed by atoms with E-state index in [4.69, 9.17) is 39.5 Å². The zero-order valence-corrected chi connectivity index (χ0v) is 13.8. The van der Waals surface area contributed by atoms with E-state index < -0.39 is 10.0 Å². The minimum absolute atomic E-state index is 0.0359. The molecule has 0 spiro atoms. The van der Waals surface area contributed by atoms with Gasteiger partial charge in [0.2, 0.25) is 0 Å². The van der Waals surface area contributed by atoms with Crippen molar-refractivity contribution in [1.29, 1.82) is 0 Å². The van der Waals surface area contributed by atoms with E-state index in [0.717, 1.165) is 0 Å². The van der Waals surface area contributed by atoms with Crippen LogP contribution in [0.25, 0.3) is 0 Å². The molecule has 21 heavy (non-hydrogen) atoms. The number of methoxy groups -OCH3 is 1. The lowest BCUT2D eigenvalue weighted by molar-refractivity contribution is 0.415. The number of anilines is 1. The topological polar surface area (TPSA) is 55.4 Å². The summed E-state index contributed by atoms with van der Waals surface area (Å²) in [7, 11) is -2.40. The Balaban J connectivity index is 2.38. The second-order valence-corrected chi connectivity index (χ2v) is 6.85. The van der Waals surface area contributed by atoms with Crippen LogP contribution in [0, 0.1) is 0 Å². The molecule has 0 heterocycles. The maximum Gasteiger partial charge on any atom is 0.263 e.